The topological polar surface area (TPSA) is 64.7 Å². The Morgan fingerprint density at radius 1 is 1.03 bits per heavy atom. The van der Waals surface area contributed by atoms with Crippen molar-refractivity contribution >= 4 is 35.0 Å². The Balaban J connectivity index is 1.45. The summed E-state index contributed by atoms with van der Waals surface area (Å²) in [5.41, 5.74) is 4.55. The number of hydrogen-bond acceptors (Lipinski definition) is 5. The van der Waals surface area contributed by atoms with Gasteiger partial charge in [-0.1, -0.05) is 24.3 Å². The first-order valence-electron chi connectivity index (χ1n) is 11.4. The van der Waals surface area contributed by atoms with Gasteiger partial charge in [0, 0.05) is 30.7 Å². The average molecular weight is 453 g/mol. The summed E-state index contributed by atoms with van der Waals surface area (Å²) in [5, 5.41) is 5.64. The van der Waals surface area contributed by atoms with Crippen molar-refractivity contribution in [1.29, 1.82) is 0 Å². The fourth-order valence-corrected chi connectivity index (χ4v) is 5.27. The number of benzene rings is 2. The standard InChI is InChI=1S/C25H32N4O2S/c1-28-13-7-8-18-16-19(11-12-21(18)28)22(29-14-5-6-15-29)17-26-24(30)25(31)27-20-9-3-4-10-23(20)32-2/h3-4,9-12,16,22H,5-8,13-15,17H2,1-2H3,(H,26,30)(H,27,31)/t22-/m1/s1. The second-order valence-corrected chi connectivity index (χ2v) is 9.38. The first-order valence-corrected chi connectivity index (χ1v) is 12.6. The number of para-hydroxylation sites is 1. The lowest BCUT2D eigenvalue weighted by molar-refractivity contribution is -0.136. The highest BCUT2D eigenvalue weighted by atomic mass is 32.2. The summed E-state index contributed by atoms with van der Waals surface area (Å²) in [6.07, 6.45) is 6.54. The maximum atomic E-state index is 12.6. The Bertz CT molecular complexity index is 974. The highest BCUT2D eigenvalue weighted by molar-refractivity contribution is 7.98. The molecule has 6 nitrogen and oxygen atoms in total. The van der Waals surface area contributed by atoms with Crippen LogP contribution in [0.1, 0.15) is 36.4 Å². The van der Waals surface area contributed by atoms with Gasteiger partial charge < -0.3 is 15.5 Å². The van der Waals surface area contributed by atoms with Gasteiger partial charge in [0.15, 0.2) is 0 Å². The van der Waals surface area contributed by atoms with Crippen LogP contribution in [-0.4, -0.2) is 56.2 Å². The van der Waals surface area contributed by atoms with E-state index >= 15 is 0 Å². The minimum Gasteiger partial charge on any atom is -0.374 e. The number of anilines is 2. The van der Waals surface area contributed by atoms with E-state index in [4.69, 9.17) is 0 Å². The molecule has 7 heteroatoms. The SMILES string of the molecule is CSc1ccccc1NC(=O)C(=O)NC[C@H](c1ccc2c(c1)CCCN2C)N1CCCC1. The largest absolute Gasteiger partial charge is 0.374 e. The Labute approximate surface area is 194 Å². The number of likely N-dealkylation sites (tertiary alicyclic amines) is 1. The summed E-state index contributed by atoms with van der Waals surface area (Å²) in [5.74, 6) is -1.22. The molecule has 2 heterocycles. The monoisotopic (exact) mass is 452 g/mol. The van der Waals surface area contributed by atoms with Gasteiger partial charge in [0.2, 0.25) is 0 Å². The summed E-state index contributed by atoms with van der Waals surface area (Å²) in [6.45, 7) is 3.55. The molecular formula is C25H32N4O2S. The van der Waals surface area contributed by atoms with E-state index < -0.39 is 11.8 Å². The normalized spacial score (nSPS) is 17.0. The van der Waals surface area contributed by atoms with Gasteiger partial charge >= 0.3 is 11.8 Å². The first-order chi connectivity index (χ1) is 15.6. The van der Waals surface area contributed by atoms with Crippen LogP contribution < -0.4 is 15.5 Å². The van der Waals surface area contributed by atoms with Gasteiger partial charge in [-0.3, -0.25) is 14.5 Å². The number of amides is 2. The predicted octanol–water partition coefficient (Wildman–Crippen LogP) is 3.68. The lowest BCUT2D eigenvalue weighted by atomic mass is 9.96. The van der Waals surface area contributed by atoms with E-state index in [0.29, 0.717) is 12.2 Å². The number of rotatable bonds is 6. The second-order valence-electron chi connectivity index (χ2n) is 8.54. The molecule has 2 aliphatic heterocycles. The van der Waals surface area contributed by atoms with Crippen LogP contribution in [0, 0.1) is 0 Å². The molecule has 1 saturated heterocycles. The zero-order valence-corrected chi connectivity index (χ0v) is 19.7. The molecule has 170 valence electrons. The van der Waals surface area contributed by atoms with E-state index in [0.717, 1.165) is 37.4 Å². The third-order valence-electron chi connectivity index (χ3n) is 6.44. The number of thioether (sulfide) groups is 1. The van der Waals surface area contributed by atoms with Crippen LogP contribution >= 0.6 is 11.8 Å². The van der Waals surface area contributed by atoms with Gasteiger partial charge in [-0.05, 0) is 74.4 Å². The van der Waals surface area contributed by atoms with Crippen LogP contribution in [0.2, 0.25) is 0 Å². The van der Waals surface area contributed by atoms with Crippen molar-refractivity contribution in [3.8, 4) is 0 Å². The van der Waals surface area contributed by atoms with E-state index in [9.17, 15) is 9.59 Å². The fourth-order valence-electron chi connectivity index (χ4n) is 4.72. The molecule has 1 atom stereocenters. The van der Waals surface area contributed by atoms with Gasteiger partial charge in [0.05, 0.1) is 11.7 Å². The van der Waals surface area contributed by atoms with Crippen LogP contribution in [0.3, 0.4) is 0 Å². The zero-order chi connectivity index (χ0) is 22.5. The maximum absolute atomic E-state index is 12.6. The summed E-state index contributed by atoms with van der Waals surface area (Å²) >= 11 is 1.54. The Kier molecular flexibility index (Phi) is 7.37. The van der Waals surface area contributed by atoms with Crippen molar-refractivity contribution in [2.24, 2.45) is 0 Å². The molecule has 32 heavy (non-hydrogen) atoms. The summed E-state index contributed by atoms with van der Waals surface area (Å²) in [6, 6.07) is 14.3. The molecule has 2 N–H and O–H groups in total. The third kappa shape index (κ3) is 5.10. The molecule has 2 aromatic rings. The number of fused-ring (bicyclic) bond motifs is 1. The Morgan fingerprint density at radius 3 is 2.59 bits per heavy atom. The van der Waals surface area contributed by atoms with Crippen molar-refractivity contribution in [2.45, 2.75) is 36.6 Å². The van der Waals surface area contributed by atoms with Crippen molar-refractivity contribution in [2.75, 3.05) is 49.7 Å². The lowest BCUT2D eigenvalue weighted by Gasteiger charge is -2.31. The number of hydrogen-bond donors (Lipinski definition) is 2. The summed E-state index contributed by atoms with van der Waals surface area (Å²) in [4.78, 5) is 30.8. The third-order valence-corrected chi connectivity index (χ3v) is 7.23. The number of nitrogens with one attached hydrogen (secondary N) is 2. The molecule has 2 aliphatic rings. The Hall–Kier alpha value is -2.51. The molecular weight excluding hydrogens is 420 g/mol. The van der Waals surface area contributed by atoms with E-state index in [1.807, 2.05) is 30.5 Å². The molecule has 0 bridgehead atoms. The minimum absolute atomic E-state index is 0.0743. The number of carbonyl (C=O) groups is 2. The number of nitrogens with zero attached hydrogens (tertiary/aromatic N) is 2. The van der Waals surface area contributed by atoms with E-state index in [1.165, 1.54) is 41.4 Å². The molecule has 0 saturated carbocycles. The maximum Gasteiger partial charge on any atom is 0.313 e. The van der Waals surface area contributed by atoms with Crippen molar-refractivity contribution in [3.63, 3.8) is 0 Å². The van der Waals surface area contributed by atoms with Crippen LogP contribution in [-0.2, 0) is 16.0 Å². The first kappa shape index (κ1) is 22.7. The van der Waals surface area contributed by atoms with Crippen LogP contribution in [0.25, 0.3) is 0 Å². The highest BCUT2D eigenvalue weighted by Gasteiger charge is 2.26. The molecule has 0 radical (unpaired) electrons. The zero-order valence-electron chi connectivity index (χ0n) is 18.9. The second kappa shape index (κ2) is 10.4. The lowest BCUT2D eigenvalue weighted by Crippen LogP contribution is -2.41. The Morgan fingerprint density at radius 2 is 1.81 bits per heavy atom. The molecule has 0 spiro atoms. The minimum atomic E-state index is -0.626. The van der Waals surface area contributed by atoms with E-state index in [1.54, 1.807) is 0 Å². The van der Waals surface area contributed by atoms with Gasteiger partial charge in [-0.2, -0.15) is 0 Å². The van der Waals surface area contributed by atoms with Crippen LogP contribution in [0.15, 0.2) is 47.4 Å². The van der Waals surface area contributed by atoms with Gasteiger partial charge in [-0.15, -0.1) is 11.8 Å². The molecule has 0 aromatic heterocycles. The molecule has 1 fully saturated rings. The van der Waals surface area contributed by atoms with Crippen LogP contribution in [0.4, 0.5) is 11.4 Å². The smallest absolute Gasteiger partial charge is 0.313 e. The number of carbonyl (C=O) groups excluding carboxylic acids is 2. The van der Waals surface area contributed by atoms with Gasteiger partial charge in [-0.25, -0.2) is 0 Å². The summed E-state index contributed by atoms with van der Waals surface area (Å²) in [7, 11) is 2.14. The molecule has 2 amide bonds. The van der Waals surface area contributed by atoms with Crippen LogP contribution in [0.5, 0.6) is 0 Å². The quantitative estimate of drug-likeness (QED) is 0.517. The average Bonchev–Trinajstić information content (AvgIpc) is 3.34. The molecule has 4 rings (SSSR count). The van der Waals surface area contributed by atoms with Crippen molar-refractivity contribution in [1.82, 2.24) is 10.2 Å². The molecule has 2 aromatic carbocycles. The van der Waals surface area contributed by atoms with Crippen molar-refractivity contribution < 1.29 is 9.59 Å². The molecule has 0 aliphatic carbocycles. The fraction of sp³-hybridized carbons (Fsp3) is 0.440. The van der Waals surface area contributed by atoms with Gasteiger partial charge in [0.25, 0.3) is 0 Å². The predicted molar refractivity (Wildman–Crippen MR) is 131 cm³/mol. The van der Waals surface area contributed by atoms with E-state index in [-0.39, 0.29) is 6.04 Å². The summed E-state index contributed by atoms with van der Waals surface area (Å²) < 4.78 is 0. The highest BCUT2D eigenvalue weighted by Crippen LogP contribution is 2.32. The number of aryl methyl sites for hydroxylation is 1. The van der Waals surface area contributed by atoms with E-state index in [2.05, 4.69) is 45.7 Å². The van der Waals surface area contributed by atoms with Crippen molar-refractivity contribution in [3.05, 3.63) is 53.6 Å². The van der Waals surface area contributed by atoms with Gasteiger partial charge in [0.1, 0.15) is 0 Å². The molecule has 0 unspecified atom stereocenters.